The molecule has 88 valence electrons. The second kappa shape index (κ2) is 6.48. The second-order valence-electron chi connectivity index (χ2n) is 3.66. The number of pyridine rings is 1. The highest BCUT2D eigenvalue weighted by molar-refractivity contribution is 6.29. The second-order valence-corrected chi connectivity index (χ2v) is 4.05. The van der Waals surface area contributed by atoms with E-state index in [4.69, 9.17) is 11.6 Å². The molecule has 0 unspecified atom stereocenters. The van der Waals surface area contributed by atoms with Crippen molar-refractivity contribution in [3.05, 3.63) is 29.0 Å². The third-order valence-electron chi connectivity index (χ3n) is 2.25. The largest absolute Gasteiger partial charge is 0.339 e. The zero-order valence-electron chi connectivity index (χ0n) is 9.74. The molecular formula is C12H17ClN2O. The van der Waals surface area contributed by atoms with E-state index >= 15 is 0 Å². The first-order chi connectivity index (χ1) is 7.69. The van der Waals surface area contributed by atoms with E-state index < -0.39 is 0 Å². The summed E-state index contributed by atoms with van der Waals surface area (Å²) < 4.78 is 0. The lowest BCUT2D eigenvalue weighted by Crippen LogP contribution is -2.32. The number of hydrogen-bond acceptors (Lipinski definition) is 2. The molecule has 0 aliphatic heterocycles. The first-order valence-electron chi connectivity index (χ1n) is 5.59. The van der Waals surface area contributed by atoms with Crippen LogP contribution in [0.4, 0.5) is 0 Å². The molecule has 0 N–H and O–H groups in total. The van der Waals surface area contributed by atoms with Crippen LogP contribution in [0, 0.1) is 0 Å². The van der Waals surface area contributed by atoms with Crippen LogP contribution >= 0.6 is 11.6 Å². The van der Waals surface area contributed by atoms with Gasteiger partial charge in [0.15, 0.2) is 0 Å². The Balaban J connectivity index is 2.77. The first-order valence-corrected chi connectivity index (χ1v) is 5.97. The van der Waals surface area contributed by atoms with Gasteiger partial charge < -0.3 is 4.90 Å². The minimum Gasteiger partial charge on any atom is -0.339 e. The smallest absolute Gasteiger partial charge is 0.255 e. The van der Waals surface area contributed by atoms with E-state index in [2.05, 4.69) is 18.8 Å². The highest BCUT2D eigenvalue weighted by Gasteiger charge is 2.13. The Labute approximate surface area is 101 Å². The molecule has 16 heavy (non-hydrogen) atoms. The van der Waals surface area contributed by atoms with Gasteiger partial charge in [0.1, 0.15) is 5.15 Å². The van der Waals surface area contributed by atoms with Crippen molar-refractivity contribution >= 4 is 17.5 Å². The first kappa shape index (κ1) is 13.0. The molecule has 1 amide bonds. The quantitative estimate of drug-likeness (QED) is 0.742. The predicted octanol–water partition coefficient (Wildman–Crippen LogP) is 3.00. The Morgan fingerprint density at radius 3 is 2.38 bits per heavy atom. The number of aromatic nitrogens is 1. The minimum absolute atomic E-state index is 0.0351. The fourth-order valence-corrected chi connectivity index (χ4v) is 1.65. The van der Waals surface area contributed by atoms with Gasteiger partial charge in [-0.1, -0.05) is 25.4 Å². The van der Waals surface area contributed by atoms with Crippen LogP contribution in [0.25, 0.3) is 0 Å². The Morgan fingerprint density at radius 2 is 1.94 bits per heavy atom. The average molecular weight is 241 g/mol. The summed E-state index contributed by atoms with van der Waals surface area (Å²) >= 11 is 5.68. The molecule has 0 atom stereocenters. The van der Waals surface area contributed by atoms with E-state index in [1.54, 1.807) is 12.1 Å². The molecule has 4 heteroatoms. The van der Waals surface area contributed by atoms with Crippen molar-refractivity contribution < 1.29 is 4.79 Å². The molecule has 0 aliphatic carbocycles. The van der Waals surface area contributed by atoms with Crippen LogP contribution in [0.1, 0.15) is 37.0 Å². The van der Waals surface area contributed by atoms with Crippen molar-refractivity contribution in [2.75, 3.05) is 13.1 Å². The summed E-state index contributed by atoms with van der Waals surface area (Å²) in [5.74, 6) is 0.0351. The molecule has 0 saturated carbocycles. The van der Waals surface area contributed by atoms with Crippen LogP contribution in [0.3, 0.4) is 0 Å². The van der Waals surface area contributed by atoms with Gasteiger partial charge in [-0.2, -0.15) is 0 Å². The molecule has 0 fully saturated rings. The van der Waals surface area contributed by atoms with Crippen LogP contribution in [0.2, 0.25) is 5.15 Å². The predicted molar refractivity (Wildman–Crippen MR) is 65.7 cm³/mol. The summed E-state index contributed by atoms with van der Waals surface area (Å²) in [6.07, 6.45) is 3.46. The molecule has 0 spiro atoms. The molecule has 0 aliphatic rings. The summed E-state index contributed by atoms with van der Waals surface area (Å²) in [5.41, 5.74) is 0.603. The summed E-state index contributed by atoms with van der Waals surface area (Å²) in [4.78, 5) is 17.9. The Bertz CT molecular complexity index is 331. The van der Waals surface area contributed by atoms with E-state index in [1.807, 2.05) is 4.90 Å². The van der Waals surface area contributed by atoms with Crippen molar-refractivity contribution in [1.82, 2.24) is 9.88 Å². The highest BCUT2D eigenvalue weighted by atomic mass is 35.5. The third-order valence-corrected chi connectivity index (χ3v) is 2.47. The van der Waals surface area contributed by atoms with Crippen molar-refractivity contribution in [1.29, 1.82) is 0 Å². The lowest BCUT2D eigenvalue weighted by Gasteiger charge is -2.21. The molecule has 3 nitrogen and oxygen atoms in total. The van der Waals surface area contributed by atoms with Crippen LogP contribution in [-0.2, 0) is 0 Å². The molecule has 1 aromatic rings. The topological polar surface area (TPSA) is 33.2 Å². The normalized spacial score (nSPS) is 10.2. The van der Waals surface area contributed by atoms with Crippen molar-refractivity contribution in [3.63, 3.8) is 0 Å². The lowest BCUT2D eigenvalue weighted by atomic mass is 10.2. The van der Waals surface area contributed by atoms with Gasteiger partial charge >= 0.3 is 0 Å². The molecule has 1 rings (SSSR count). The maximum Gasteiger partial charge on any atom is 0.255 e. The monoisotopic (exact) mass is 240 g/mol. The van der Waals surface area contributed by atoms with Gasteiger partial charge in [-0.15, -0.1) is 0 Å². The van der Waals surface area contributed by atoms with Crippen molar-refractivity contribution in [2.45, 2.75) is 26.7 Å². The van der Waals surface area contributed by atoms with Gasteiger partial charge in [-0.25, -0.2) is 4.98 Å². The van der Waals surface area contributed by atoms with Crippen LogP contribution in [-0.4, -0.2) is 28.9 Å². The van der Waals surface area contributed by atoms with E-state index in [0.717, 1.165) is 25.9 Å². The SMILES string of the molecule is CCCN(CCC)C(=O)c1ccc(Cl)nc1. The number of amides is 1. The van der Waals surface area contributed by atoms with E-state index in [1.165, 1.54) is 6.20 Å². The molecular weight excluding hydrogens is 224 g/mol. The van der Waals surface area contributed by atoms with Gasteiger partial charge in [0.05, 0.1) is 5.56 Å². The van der Waals surface area contributed by atoms with Gasteiger partial charge in [-0.3, -0.25) is 4.79 Å². The lowest BCUT2D eigenvalue weighted by molar-refractivity contribution is 0.0755. The van der Waals surface area contributed by atoms with E-state index in [9.17, 15) is 4.79 Å². The van der Waals surface area contributed by atoms with Crippen molar-refractivity contribution in [2.24, 2.45) is 0 Å². The number of carbonyl (C=O) groups excluding carboxylic acids is 1. The average Bonchev–Trinajstić information content (AvgIpc) is 2.29. The van der Waals surface area contributed by atoms with Crippen LogP contribution in [0.15, 0.2) is 18.3 Å². The summed E-state index contributed by atoms with van der Waals surface area (Å²) in [6, 6.07) is 3.36. The van der Waals surface area contributed by atoms with Gasteiger partial charge in [0.25, 0.3) is 5.91 Å². The highest BCUT2D eigenvalue weighted by Crippen LogP contribution is 2.09. The van der Waals surface area contributed by atoms with Crippen LogP contribution in [0.5, 0.6) is 0 Å². The molecule has 0 bridgehead atoms. The maximum atomic E-state index is 12.1. The van der Waals surface area contributed by atoms with Crippen molar-refractivity contribution in [3.8, 4) is 0 Å². The molecule has 1 heterocycles. The fraction of sp³-hybridized carbons (Fsp3) is 0.500. The third kappa shape index (κ3) is 3.49. The molecule has 0 saturated heterocycles. The molecule has 0 aromatic carbocycles. The van der Waals surface area contributed by atoms with Gasteiger partial charge in [0.2, 0.25) is 0 Å². The zero-order valence-corrected chi connectivity index (χ0v) is 10.5. The number of hydrogen-bond donors (Lipinski definition) is 0. The number of carbonyl (C=O) groups is 1. The number of nitrogens with zero attached hydrogens (tertiary/aromatic N) is 2. The minimum atomic E-state index is 0.0351. The summed E-state index contributed by atoms with van der Waals surface area (Å²) in [7, 11) is 0. The Kier molecular flexibility index (Phi) is 5.26. The van der Waals surface area contributed by atoms with Gasteiger partial charge in [0, 0.05) is 19.3 Å². The number of halogens is 1. The maximum absolute atomic E-state index is 12.1. The zero-order chi connectivity index (χ0) is 12.0. The molecule has 1 aromatic heterocycles. The Morgan fingerprint density at radius 1 is 1.31 bits per heavy atom. The fourth-order valence-electron chi connectivity index (χ4n) is 1.54. The van der Waals surface area contributed by atoms with Crippen LogP contribution < -0.4 is 0 Å². The van der Waals surface area contributed by atoms with E-state index in [0.29, 0.717) is 10.7 Å². The van der Waals surface area contributed by atoms with Gasteiger partial charge in [-0.05, 0) is 25.0 Å². The standard InChI is InChI=1S/C12H17ClN2O/c1-3-7-15(8-4-2)12(16)10-5-6-11(13)14-9-10/h5-6,9H,3-4,7-8H2,1-2H3. The summed E-state index contributed by atoms with van der Waals surface area (Å²) in [6.45, 7) is 5.71. The summed E-state index contributed by atoms with van der Waals surface area (Å²) in [5, 5.41) is 0.411. The molecule has 0 radical (unpaired) electrons. The Hall–Kier alpha value is -1.09. The van der Waals surface area contributed by atoms with E-state index in [-0.39, 0.29) is 5.91 Å². The number of rotatable bonds is 5.